The van der Waals surface area contributed by atoms with Gasteiger partial charge >= 0.3 is 0 Å². The number of halogens is 1. The summed E-state index contributed by atoms with van der Waals surface area (Å²) in [6, 6.07) is 12.9. The number of methoxy groups -OCH3 is 1. The highest BCUT2D eigenvalue weighted by molar-refractivity contribution is 6.47. The molecule has 0 bridgehead atoms. The Morgan fingerprint density at radius 1 is 1.18 bits per heavy atom. The van der Waals surface area contributed by atoms with E-state index in [0.717, 1.165) is 50.5 Å². The van der Waals surface area contributed by atoms with E-state index in [4.69, 9.17) is 21.3 Å². The second-order valence-corrected chi connectivity index (χ2v) is 10.9. The predicted octanol–water partition coefficient (Wildman–Crippen LogP) is 4.23. The summed E-state index contributed by atoms with van der Waals surface area (Å²) in [4.78, 5) is 34.1. The van der Waals surface area contributed by atoms with Gasteiger partial charge in [0.1, 0.15) is 17.1 Å². The lowest BCUT2D eigenvalue weighted by Crippen LogP contribution is -2.50. The average Bonchev–Trinajstić information content (AvgIpc) is 3.59. The number of hydrogen-bond donors (Lipinski definition) is 2. The fourth-order valence-electron chi connectivity index (χ4n) is 5.87. The molecule has 2 aliphatic carbocycles. The second kappa shape index (κ2) is 10.4. The van der Waals surface area contributed by atoms with Crippen LogP contribution in [-0.2, 0) is 11.3 Å². The first kappa shape index (κ1) is 25.5. The molecule has 2 fully saturated rings. The van der Waals surface area contributed by atoms with Crippen LogP contribution in [0.25, 0.3) is 0 Å². The van der Waals surface area contributed by atoms with Crippen LogP contribution in [0.2, 0.25) is 5.02 Å². The molecule has 1 atom stereocenters. The van der Waals surface area contributed by atoms with Crippen molar-refractivity contribution in [1.82, 2.24) is 30.8 Å². The van der Waals surface area contributed by atoms with Crippen molar-refractivity contribution in [3.05, 3.63) is 70.0 Å². The third kappa shape index (κ3) is 4.89. The molecule has 10 nitrogen and oxygen atoms in total. The van der Waals surface area contributed by atoms with Gasteiger partial charge in [-0.25, -0.2) is 0 Å². The van der Waals surface area contributed by atoms with Gasteiger partial charge in [-0.15, -0.1) is 10.2 Å². The van der Waals surface area contributed by atoms with Gasteiger partial charge in [0.25, 0.3) is 11.8 Å². The number of carbonyl (C=O) groups excluding carboxylic acids is 2. The highest BCUT2D eigenvalue weighted by Gasteiger charge is 2.53. The largest absolute Gasteiger partial charge is 0.495 e. The smallest absolute Gasteiger partial charge is 0.275 e. The van der Waals surface area contributed by atoms with E-state index < -0.39 is 5.66 Å². The normalized spacial score (nSPS) is 19.2. The lowest BCUT2D eigenvalue weighted by Gasteiger charge is -2.44. The van der Waals surface area contributed by atoms with Crippen LogP contribution in [0.15, 0.2) is 47.5 Å². The minimum atomic E-state index is -0.565. The van der Waals surface area contributed by atoms with Gasteiger partial charge in [-0.1, -0.05) is 35.4 Å². The van der Waals surface area contributed by atoms with Gasteiger partial charge in [0.15, 0.2) is 5.82 Å². The predicted molar refractivity (Wildman–Crippen MR) is 144 cm³/mol. The Morgan fingerprint density at radius 3 is 2.59 bits per heavy atom. The maximum absolute atomic E-state index is 14.2. The Morgan fingerprint density at radius 2 is 1.95 bits per heavy atom. The van der Waals surface area contributed by atoms with Crippen LogP contribution in [0.1, 0.15) is 78.3 Å². The van der Waals surface area contributed by atoms with Gasteiger partial charge in [-0.3, -0.25) is 14.6 Å². The molecular formula is C28H30ClN7O3. The number of aromatic nitrogens is 4. The number of nitrogens with zero attached hydrogens (tertiary/aromatic N) is 5. The first-order chi connectivity index (χ1) is 19.0. The number of tetrazole rings is 1. The molecule has 11 heteroatoms. The fraction of sp³-hybridized carbons (Fsp3) is 0.429. The van der Waals surface area contributed by atoms with Crippen LogP contribution < -0.4 is 10.1 Å². The van der Waals surface area contributed by atoms with Crippen molar-refractivity contribution in [2.45, 2.75) is 63.2 Å². The van der Waals surface area contributed by atoms with E-state index in [9.17, 15) is 9.59 Å². The van der Waals surface area contributed by atoms with Crippen molar-refractivity contribution in [2.75, 3.05) is 7.11 Å². The number of rotatable bonds is 8. The number of benzene rings is 2. The monoisotopic (exact) mass is 547 g/mol. The number of carbonyl (C=O) groups is 2. The standard InChI is InChI=1S/C28H30ClN7O3/c1-39-22-12-11-20(15-21(22)29)24-27(38)36(28(31-24)13-3-2-4-14-28)25(17-5-6-17)18-7-9-19(10-8-18)26(37)30-16-23-32-34-35-33-23/h7-12,15,17,25H,2-6,13-14,16H2,1H3,(H,30,37)(H,32,33,34,35)/t25-/m1/s1. The molecule has 0 radical (unpaired) electrons. The summed E-state index contributed by atoms with van der Waals surface area (Å²) >= 11 is 6.43. The van der Waals surface area contributed by atoms with E-state index in [1.165, 1.54) is 0 Å². The van der Waals surface area contributed by atoms with Crippen LogP contribution in [-0.4, -0.2) is 55.8 Å². The Balaban J connectivity index is 1.30. The Labute approximate surface area is 231 Å². The zero-order valence-electron chi connectivity index (χ0n) is 21.7. The van der Waals surface area contributed by atoms with Crippen LogP contribution in [0, 0.1) is 5.92 Å². The molecule has 2 N–H and O–H groups in total. The molecule has 3 aromatic rings. The lowest BCUT2D eigenvalue weighted by molar-refractivity contribution is -0.133. The first-order valence-corrected chi connectivity index (χ1v) is 13.7. The number of nitrogens with one attached hydrogen (secondary N) is 2. The quantitative estimate of drug-likeness (QED) is 0.434. The minimum absolute atomic E-state index is 0.0584. The van der Waals surface area contributed by atoms with E-state index in [1.54, 1.807) is 19.2 Å². The van der Waals surface area contributed by atoms with Crippen LogP contribution in [0.5, 0.6) is 5.75 Å². The van der Waals surface area contributed by atoms with Gasteiger partial charge in [0.05, 0.1) is 24.7 Å². The van der Waals surface area contributed by atoms with Gasteiger partial charge in [0.2, 0.25) is 0 Å². The summed E-state index contributed by atoms with van der Waals surface area (Å²) in [5.41, 5.74) is 2.16. The van der Waals surface area contributed by atoms with Gasteiger partial charge < -0.3 is 15.0 Å². The van der Waals surface area contributed by atoms with E-state index in [1.807, 2.05) is 30.3 Å². The van der Waals surface area contributed by atoms with E-state index in [-0.39, 0.29) is 24.4 Å². The van der Waals surface area contributed by atoms with E-state index >= 15 is 0 Å². The molecule has 2 amide bonds. The SMILES string of the molecule is COc1ccc(C2=NC3(CCCCC3)N([C@@H](c3ccc(C(=O)NCc4nn[nH]n4)cc3)C3CC3)C2=O)cc1Cl. The number of ether oxygens (including phenoxy) is 1. The van der Waals surface area contributed by atoms with Gasteiger partial charge in [0, 0.05) is 11.1 Å². The Hall–Kier alpha value is -3.79. The Bertz CT molecular complexity index is 1400. The summed E-state index contributed by atoms with van der Waals surface area (Å²) in [7, 11) is 1.57. The number of aromatic amines is 1. The fourth-order valence-corrected chi connectivity index (χ4v) is 6.12. The molecular weight excluding hydrogens is 518 g/mol. The molecule has 2 saturated carbocycles. The highest BCUT2D eigenvalue weighted by Crippen LogP contribution is 2.52. The van der Waals surface area contributed by atoms with Crippen LogP contribution >= 0.6 is 11.6 Å². The van der Waals surface area contributed by atoms with Crippen molar-refractivity contribution in [1.29, 1.82) is 0 Å². The molecule has 0 unspecified atom stereocenters. The van der Waals surface area contributed by atoms with Crippen molar-refractivity contribution in [2.24, 2.45) is 10.9 Å². The van der Waals surface area contributed by atoms with Crippen molar-refractivity contribution >= 4 is 29.1 Å². The number of hydrogen-bond acceptors (Lipinski definition) is 7. The summed E-state index contributed by atoms with van der Waals surface area (Å²) in [6.07, 6.45) is 6.99. The van der Waals surface area contributed by atoms with Gasteiger partial charge in [-0.05, 0) is 80.3 Å². The molecule has 2 heterocycles. The maximum atomic E-state index is 14.2. The number of H-pyrrole nitrogens is 1. The molecule has 3 aliphatic rings. The second-order valence-electron chi connectivity index (χ2n) is 10.4. The Kier molecular flexibility index (Phi) is 6.80. The third-order valence-corrected chi connectivity index (χ3v) is 8.22. The summed E-state index contributed by atoms with van der Waals surface area (Å²) < 4.78 is 5.31. The van der Waals surface area contributed by atoms with Crippen molar-refractivity contribution in [3.8, 4) is 5.75 Å². The van der Waals surface area contributed by atoms with Crippen LogP contribution in [0.3, 0.4) is 0 Å². The van der Waals surface area contributed by atoms with Crippen molar-refractivity contribution in [3.63, 3.8) is 0 Å². The molecule has 1 aromatic heterocycles. The summed E-state index contributed by atoms with van der Waals surface area (Å²) in [5, 5.41) is 16.8. The zero-order valence-corrected chi connectivity index (χ0v) is 22.4. The lowest BCUT2D eigenvalue weighted by atomic mass is 9.86. The molecule has 39 heavy (non-hydrogen) atoms. The highest BCUT2D eigenvalue weighted by atomic mass is 35.5. The molecule has 0 saturated heterocycles. The van der Waals surface area contributed by atoms with E-state index in [0.29, 0.717) is 39.4 Å². The van der Waals surface area contributed by atoms with Gasteiger partial charge in [-0.2, -0.15) is 5.21 Å². The summed E-state index contributed by atoms with van der Waals surface area (Å²) in [6.45, 7) is 0.183. The average molecular weight is 548 g/mol. The summed E-state index contributed by atoms with van der Waals surface area (Å²) in [5.74, 6) is 1.05. The molecule has 1 aliphatic heterocycles. The zero-order chi connectivity index (χ0) is 27.0. The van der Waals surface area contributed by atoms with Crippen LogP contribution in [0.4, 0.5) is 0 Å². The maximum Gasteiger partial charge on any atom is 0.275 e. The first-order valence-electron chi connectivity index (χ1n) is 13.4. The molecule has 6 rings (SSSR count). The minimum Gasteiger partial charge on any atom is -0.495 e. The molecule has 1 spiro atoms. The topological polar surface area (TPSA) is 125 Å². The molecule has 2 aromatic carbocycles. The third-order valence-electron chi connectivity index (χ3n) is 7.93. The van der Waals surface area contributed by atoms with E-state index in [2.05, 4.69) is 30.8 Å². The van der Waals surface area contributed by atoms with Crippen molar-refractivity contribution < 1.29 is 14.3 Å². The number of amides is 2. The number of aliphatic imine (C=N–C) groups is 1. The molecule has 202 valence electrons.